The summed E-state index contributed by atoms with van der Waals surface area (Å²) in [5.41, 5.74) is 1.26. The molecule has 0 aromatic carbocycles. The number of hydrogen-bond donors (Lipinski definition) is 0. The predicted octanol–water partition coefficient (Wildman–Crippen LogP) is 0.820. The smallest absolute Gasteiger partial charge is 0.172 e. The zero-order valence-corrected chi connectivity index (χ0v) is 11.5. The van der Waals surface area contributed by atoms with Gasteiger partial charge in [-0.15, -0.1) is 0 Å². The van der Waals surface area contributed by atoms with E-state index in [0.29, 0.717) is 0 Å². The highest BCUT2D eigenvalue weighted by atomic mass is 15.5. The van der Waals surface area contributed by atoms with Crippen LogP contribution in [-0.4, -0.2) is 61.6 Å². The fraction of sp³-hybridized carbons (Fsp3) is 0.667. The fourth-order valence-corrected chi connectivity index (χ4v) is 2.70. The highest BCUT2D eigenvalue weighted by Crippen LogP contribution is 2.30. The molecule has 0 aliphatic rings. The molecule has 0 radical (unpaired) electrons. The van der Waals surface area contributed by atoms with Gasteiger partial charge in [0.1, 0.15) is 0 Å². The van der Waals surface area contributed by atoms with Gasteiger partial charge in [0.2, 0.25) is 0 Å². The average molecular weight is 224 g/mol. The van der Waals surface area contributed by atoms with Crippen LogP contribution in [0, 0.1) is 0 Å². The first-order chi connectivity index (χ1) is 7.35. The van der Waals surface area contributed by atoms with E-state index in [0.717, 1.165) is 0 Å². The number of nitrogens with zero attached hydrogens (tertiary/aromatic N) is 4. The largest absolute Gasteiger partial charge is 0.351 e. The van der Waals surface area contributed by atoms with Crippen molar-refractivity contribution in [1.82, 2.24) is 19.3 Å². The maximum absolute atomic E-state index is 2.22. The van der Waals surface area contributed by atoms with Crippen molar-refractivity contribution in [2.45, 2.75) is 5.79 Å². The molecule has 0 N–H and O–H groups in total. The second-order valence-corrected chi connectivity index (χ2v) is 4.82. The van der Waals surface area contributed by atoms with Gasteiger partial charge in [-0.25, -0.2) is 0 Å². The summed E-state index contributed by atoms with van der Waals surface area (Å²) in [5, 5.41) is 0. The number of aryl methyl sites for hydroxylation is 1. The minimum Gasteiger partial charge on any atom is -0.351 e. The Morgan fingerprint density at radius 3 is 1.62 bits per heavy atom. The van der Waals surface area contributed by atoms with Gasteiger partial charge in [0.05, 0.1) is 5.69 Å². The molecule has 1 rings (SSSR count). The van der Waals surface area contributed by atoms with Crippen molar-refractivity contribution in [3.05, 3.63) is 24.0 Å². The lowest BCUT2D eigenvalue weighted by molar-refractivity contribution is -0.121. The zero-order chi connectivity index (χ0) is 12.5. The first kappa shape index (κ1) is 13.2. The summed E-state index contributed by atoms with van der Waals surface area (Å²) in [5.74, 6) is -0.224. The van der Waals surface area contributed by atoms with Crippen LogP contribution in [0.1, 0.15) is 5.69 Å². The van der Waals surface area contributed by atoms with Crippen LogP contribution in [0.2, 0.25) is 0 Å². The molecule has 0 aliphatic heterocycles. The molecule has 4 heteroatoms. The van der Waals surface area contributed by atoms with Crippen LogP contribution in [0.15, 0.2) is 18.3 Å². The Kier molecular flexibility index (Phi) is 3.78. The lowest BCUT2D eigenvalue weighted by Gasteiger charge is -2.49. The Bertz CT molecular complexity index is 317. The minimum atomic E-state index is -0.224. The molecule has 4 nitrogen and oxygen atoms in total. The molecule has 0 fully saturated rings. The Morgan fingerprint density at radius 2 is 1.38 bits per heavy atom. The first-order valence-corrected chi connectivity index (χ1v) is 5.49. The van der Waals surface area contributed by atoms with Gasteiger partial charge in [0.15, 0.2) is 5.79 Å². The third-order valence-electron chi connectivity index (χ3n) is 3.16. The van der Waals surface area contributed by atoms with Gasteiger partial charge in [-0.2, -0.15) is 0 Å². The summed E-state index contributed by atoms with van der Waals surface area (Å²) < 4.78 is 2.17. The topological polar surface area (TPSA) is 14.7 Å². The number of rotatable bonds is 4. The van der Waals surface area contributed by atoms with Gasteiger partial charge in [-0.1, -0.05) is 0 Å². The number of hydrogen-bond acceptors (Lipinski definition) is 3. The van der Waals surface area contributed by atoms with Crippen molar-refractivity contribution in [3.8, 4) is 0 Å². The quantitative estimate of drug-likeness (QED) is 0.704. The molecule has 0 amide bonds. The van der Waals surface area contributed by atoms with Crippen molar-refractivity contribution < 1.29 is 0 Å². The van der Waals surface area contributed by atoms with Gasteiger partial charge < -0.3 is 4.57 Å². The van der Waals surface area contributed by atoms with Crippen molar-refractivity contribution in [3.63, 3.8) is 0 Å². The van der Waals surface area contributed by atoms with E-state index in [1.54, 1.807) is 0 Å². The second kappa shape index (κ2) is 4.57. The number of aromatic nitrogens is 1. The monoisotopic (exact) mass is 224 g/mol. The molecule has 0 unspecified atom stereocenters. The van der Waals surface area contributed by atoms with E-state index in [1.165, 1.54) is 5.69 Å². The molecule has 0 bridgehead atoms. The Labute approximate surface area is 99.0 Å². The normalized spacial score (nSPS) is 13.1. The molecular weight excluding hydrogens is 200 g/mol. The van der Waals surface area contributed by atoms with E-state index in [-0.39, 0.29) is 5.79 Å². The molecule has 0 spiro atoms. The highest BCUT2D eigenvalue weighted by Gasteiger charge is 2.41. The predicted molar refractivity (Wildman–Crippen MR) is 68.2 cm³/mol. The molecular formula is C12H24N4. The van der Waals surface area contributed by atoms with E-state index in [4.69, 9.17) is 0 Å². The third kappa shape index (κ3) is 1.77. The second-order valence-electron chi connectivity index (χ2n) is 4.82. The first-order valence-electron chi connectivity index (χ1n) is 5.49. The summed E-state index contributed by atoms with van der Waals surface area (Å²) in [6, 6.07) is 4.25. The molecule has 0 atom stereocenters. The van der Waals surface area contributed by atoms with Crippen LogP contribution in [0.4, 0.5) is 0 Å². The Hall–Kier alpha value is -0.840. The molecule has 0 saturated carbocycles. The van der Waals surface area contributed by atoms with E-state index < -0.39 is 0 Å². The molecule has 0 aliphatic carbocycles. The zero-order valence-electron chi connectivity index (χ0n) is 11.5. The summed E-state index contributed by atoms with van der Waals surface area (Å²) >= 11 is 0. The fourth-order valence-electron chi connectivity index (χ4n) is 2.70. The van der Waals surface area contributed by atoms with Crippen LogP contribution in [-0.2, 0) is 12.8 Å². The van der Waals surface area contributed by atoms with E-state index in [1.807, 2.05) is 0 Å². The van der Waals surface area contributed by atoms with E-state index in [2.05, 4.69) is 86.9 Å². The van der Waals surface area contributed by atoms with Gasteiger partial charge in [0.25, 0.3) is 0 Å². The van der Waals surface area contributed by atoms with Gasteiger partial charge in [-0.05, 0) is 54.4 Å². The lowest BCUT2D eigenvalue weighted by atomic mass is 10.1. The SMILES string of the molecule is CN(C)C(c1cccn1C)(N(C)C)N(C)C. The lowest BCUT2D eigenvalue weighted by Crippen LogP contribution is -2.61. The summed E-state index contributed by atoms with van der Waals surface area (Å²) in [7, 11) is 14.7. The van der Waals surface area contributed by atoms with Gasteiger partial charge in [-0.3, -0.25) is 14.7 Å². The van der Waals surface area contributed by atoms with Crippen LogP contribution < -0.4 is 0 Å². The summed E-state index contributed by atoms with van der Waals surface area (Å²) in [4.78, 5) is 6.67. The van der Waals surface area contributed by atoms with Crippen LogP contribution in [0.3, 0.4) is 0 Å². The maximum atomic E-state index is 2.22. The Balaban J connectivity index is 3.39. The molecule has 1 aromatic rings. The van der Waals surface area contributed by atoms with E-state index in [9.17, 15) is 0 Å². The minimum absolute atomic E-state index is 0.224. The molecule has 16 heavy (non-hydrogen) atoms. The van der Waals surface area contributed by atoms with Crippen molar-refractivity contribution in [1.29, 1.82) is 0 Å². The summed E-state index contributed by atoms with van der Waals surface area (Å²) in [6.07, 6.45) is 2.08. The maximum Gasteiger partial charge on any atom is 0.172 e. The highest BCUT2D eigenvalue weighted by molar-refractivity contribution is 5.16. The van der Waals surface area contributed by atoms with Crippen LogP contribution in [0.25, 0.3) is 0 Å². The van der Waals surface area contributed by atoms with Gasteiger partial charge >= 0.3 is 0 Å². The van der Waals surface area contributed by atoms with Crippen molar-refractivity contribution in [2.75, 3.05) is 42.3 Å². The van der Waals surface area contributed by atoms with Crippen LogP contribution >= 0.6 is 0 Å². The standard InChI is InChI=1S/C12H24N4/c1-13(2)12(14(3)4,15(5)6)11-9-8-10-16(11)7/h8-10H,1-7H3. The summed E-state index contributed by atoms with van der Waals surface area (Å²) in [6.45, 7) is 0. The van der Waals surface area contributed by atoms with Crippen LogP contribution in [0.5, 0.6) is 0 Å². The average Bonchev–Trinajstić information content (AvgIpc) is 2.51. The molecule has 92 valence electrons. The Morgan fingerprint density at radius 1 is 0.938 bits per heavy atom. The van der Waals surface area contributed by atoms with Gasteiger partial charge in [0, 0.05) is 13.2 Å². The van der Waals surface area contributed by atoms with Crippen molar-refractivity contribution >= 4 is 0 Å². The van der Waals surface area contributed by atoms with E-state index >= 15 is 0 Å². The molecule has 1 heterocycles. The molecule has 0 saturated heterocycles. The molecule has 1 aromatic heterocycles. The third-order valence-corrected chi connectivity index (χ3v) is 3.16. The van der Waals surface area contributed by atoms with Crippen molar-refractivity contribution in [2.24, 2.45) is 7.05 Å².